The van der Waals surface area contributed by atoms with Crippen LogP contribution in [0.2, 0.25) is 52.4 Å². The molecule has 0 aromatic carbocycles. The topological polar surface area (TPSA) is 9.23 Å². The lowest BCUT2D eigenvalue weighted by Crippen LogP contribution is -2.87. The molecule has 0 amide bonds. The van der Waals surface area contributed by atoms with Crippen LogP contribution < -0.4 is 0 Å². The smallest absolute Gasteiger partial charge is 0.170 e. The van der Waals surface area contributed by atoms with Gasteiger partial charge in [-0.15, -0.1) is 0 Å². The third kappa shape index (κ3) is 1.62. The Morgan fingerprint density at radius 3 is 1.53 bits per heavy atom. The van der Waals surface area contributed by atoms with Gasteiger partial charge in [0.2, 0.25) is 0 Å². The van der Waals surface area contributed by atoms with E-state index in [9.17, 15) is 0 Å². The first-order valence-electron chi connectivity index (χ1n) is 6.06. The lowest BCUT2D eigenvalue weighted by Gasteiger charge is -2.61. The van der Waals surface area contributed by atoms with Gasteiger partial charge in [0.1, 0.15) is 0 Å². The van der Waals surface area contributed by atoms with Crippen LogP contribution >= 0.6 is 0 Å². The van der Waals surface area contributed by atoms with Crippen LogP contribution in [0.25, 0.3) is 0 Å². The Morgan fingerprint density at radius 2 is 1.13 bits per heavy atom. The zero-order valence-corrected chi connectivity index (χ0v) is 16.0. The first kappa shape index (κ1) is 13.9. The van der Waals surface area contributed by atoms with Crippen molar-refractivity contribution in [1.82, 2.24) is 0 Å². The van der Waals surface area contributed by atoms with Gasteiger partial charge in [0.15, 0.2) is 7.83 Å². The van der Waals surface area contributed by atoms with Crippen LogP contribution in [0, 0.1) is 0 Å². The molecule has 0 bridgehead atoms. The van der Waals surface area contributed by atoms with Crippen molar-refractivity contribution in [3.8, 4) is 0 Å². The van der Waals surface area contributed by atoms with Crippen LogP contribution in [0.15, 0.2) is 0 Å². The predicted molar refractivity (Wildman–Crippen MR) is 80.5 cm³/mol. The van der Waals surface area contributed by atoms with E-state index in [-0.39, 0.29) is 0 Å². The maximum Gasteiger partial charge on any atom is 0.170 e. The summed E-state index contributed by atoms with van der Waals surface area (Å²) >= 11 is 0. The van der Waals surface area contributed by atoms with E-state index in [0.29, 0.717) is 5.73 Å². The summed E-state index contributed by atoms with van der Waals surface area (Å²) < 4.78 is 6.54. The summed E-state index contributed by atoms with van der Waals surface area (Å²) in [6, 6.07) is 0. The molecule has 1 aliphatic rings. The average Bonchev–Trinajstić information content (AvgIpc) is 2.00. The first-order valence-corrected chi connectivity index (χ1v) is 21.0. The number of rotatable bonds is 0. The van der Waals surface area contributed by atoms with Crippen LogP contribution in [-0.4, -0.2) is 35.4 Å². The first-order chi connectivity index (χ1) is 6.38. The molecule has 5 heteroatoms. The molecule has 0 radical (unpaired) electrons. The molecule has 0 aromatic heterocycles. The fraction of sp³-hybridized carbons (Fsp3) is 1.00. The van der Waals surface area contributed by atoms with E-state index in [0.717, 1.165) is 0 Å². The Kier molecular flexibility index (Phi) is 3.16. The molecule has 0 spiro atoms. The summed E-state index contributed by atoms with van der Waals surface area (Å²) in [6.07, 6.45) is 0. The molecule has 1 nitrogen and oxygen atoms in total. The molecule has 15 heavy (non-hydrogen) atoms. The van der Waals surface area contributed by atoms with Crippen molar-refractivity contribution in [2.45, 2.75) is 65.0 Å². The standard InChI is InChI=1S/C10H28OSi4/c1-10-11-13(4,5)15(8,9)14(6,7)12(10,2)3/h10H,1-9H3. The van der Waals surface area contributed by atoms with Crippen molar-refractivity contribution in [3.05, 3.63) is 0 Å². The largest absolute Gasteiger partial charge is 0.421 e. The number of hydrogen-bond acceptors (Lipinski definition) is 1. The van der Waals surface area contributed by atoms with Gasteiger partial charge in [-0.3, -0.25) is 0 Å². The maximum absolute atomic E-state index is 6.54. The molecule has 1 unspecified atom stereocenters. The minimum Gasteiger partial charge on any atom is -0.421 e. The van der Waals surface area contributed by atoms with E-state index in [1.165, 1.54) is 0 Å². The molecule has 1 rings (SSSR count). The SMILES string of the molecule is CC1O[Si](C)(C)[Si](C)(C)[Si](C)(C)[Si]1(C)C. The van der Waals surface area contributed by atoms with E-state index in [1.54, 1.807) is 0 Å². The minimum absolute atomic E-state index is 0.598. The predicted octanol–water partition coefficient (Wildman–Crippen LogP) is 3.51. The Bertz CT molecular complexity index is 271. The van der Waals surface area contributed by atoms with Crippen LogP contribution in [0.1, 0.15) is 6.92 Å². The molecule has 0 N–H and O–H groups in total. The van der Waals surface area contributed by atoms with Gasteiger partial charge in [-0.2, -0.15) is 0 Å². The van der Waals surface area contributed by atoms with Gasteiger partial charge in [0.25, 0.3) is 0 Å². The Hall–Kier alpha value is 0.828. The quantitative estimate of drug-likeness (QED) is 0.615. The van der Waals surface area contributed by atoms with E-state index in [2.05, 4.69) is 59.3 Å². The normalized spacial score (nSPS) is 36.2. The zero-order chi connectivity index (χ0) is 12.3. The molecule has 0 aliphatic carbocycles. The Morgan fingerprint density at radius 1 is 0.733 bits per heavy atom. The van der Waals surface area contributed by atoms with Crippen molar-refractivity contribution in [3.63, 3.8) is 0 Å². The molecule has 90 valence electrons. The highest BCUT2D eigenvalue weighted by Gasteiger charge is 2.65. The van der Waals surface area contributed by atoms with E-state index >= 15 is 0 Å². The third-order valence-electron chi connectivity index (χ3n) is 6.17. The van der Waals surface area contributed by atoms with Crippen molar-refractivity contribution < 1.29 is 4.43 Å². The summed E-state index contributed by atoms with van der Waals surface area (Å²) in [5.41, 5.74) is 0.598. The van der Waals surface area contributed by atoms with Crippen LogP contribution in [0.4, 0.5) is 0 Å². The van der Waals surface area contributed by atoms with Gasteiger partial charge >= 0.3 is 0 Å². The second kappa shape index (κ2) is 3.41. The van der Waals surface area contributed by atoms with Gasteiger partial charge < -0.3 is 4.43 Å². The molecule has 1 aliphatic heterocycles. The molecular weight excluding hydrogens is 248 g/mol. The summed E-state index contributed by atoms with van der Waals surface area (Å²) in [5.74, 6) is 0. The van der Waals surface area contributed by atoms with Crippen LogP contribution in [-0.2, 0) is 4.43 Å². The highest BCUT2D eigenvalue weighted by atomic mass is 29.8. The average molecular weight is 277 g/mol. The molecule has 1 saturated heterocycles. The third-order valence-corrected chi connectivity index (χ3v) is 73.2. The Balaban J connectivity index is 3.30. The summed E-state index contributed by atoms with van der Waals surface area (Å²) in [4.78, 5) is 0. The van der Waals surface area contributed by atoms with E-state index < -0.39 is 29.6 Å². The van der Waals surface area contributed by atoms with Gasteiger partial charge in [0, 0.05) is 12.8 Å². The summed E-state index contributed by atoms with van der Waals surface area (Å²) in [7, 11) is -4.64. The van der Waals surface area contributed by atoms with E-state index in [4.69, 9.17) is 4.43 Å². The molecule has 1 fully saturated rings. The number of hydrogen-bond donors (Lipinski definition) is 0. The highest BCUT2D eigenvalue weighted by Crippen LogP contribution is 2.42. The molecular formula is C10H28OSi4. The fourth-order valence-corrected chi connectivity index (χ4v) is 72.1. The maximum atomic E-state index is 6.54. The van der Waals surface area contributed by atoms with Gasteiger partial charge in [-0.05, 0) is 20.0 Å². The Labute approximate surface area is 99.1 Å². The van der Waals surface area contributed by atoms with Crippen molar-refractivity contribution in [1.29, 1.82) is 0 Å². The van der Waals surface area contributed by atoms with Gasteiger partial charge in [0.05, 0.1) is 14.7 Å². The van der Waals surface area contributed by atoms with Gasteiger partial charge in [-0.1, -0.05) is 39.3 Å². The zero-order valence-electron chi connectivity index (χ0n) is 12.0. The molecule has 1 atom stereocenters. The van der Waals surface area contributed by atoms with Gasteiger partial charge in [-0.25, -0.2) is 0 Å². The molecule has 1 heterocycles. The van der Waals surface area contributed by atoms with Crippen LogP contribution in [0.5, 0.6) is 0 Å². The van der Waals surface area contributed by atoms with Crippen molar-refractivity contribution in [2.75, 3.05) is 0 Å². The minimum atomic E-state index is -1.37. The lowest BCUT2D eigenvalue weighted by molar-refractivity contribution is 0.289. The second-order valence-corrected chi connectivity index (χ2v) is 46.7. The molecule has 0 saturated carbocycles. The summed E-state index contributed by atoms with van der Waals surface area (Å²) in [5, 5.41) is 0. The van der Waals surface area contributed by atoms with Crippen molar-refractivity contribution in [2.24, 2.45) is 0 Å². The van der Waals surface area contributed by atoms with Crippen LogP contribution in [0.3, 0.4) is 0 Å². The highest BCUT2D eigenvalue weighted by molar-refractivity contribution is 7.83. The fourth-order valence-electron chi connectivity index (χ4n) is 2.80. The lowest BCUT2D eigenvalue weighted by atomic mass is 10.9. The van der Waals surface area contributed by atoms with E-state index in [1.807, 2.05) is 0 Å². The summed E-state index contributed by atoms with van der Waals surface area (Å²) in [6.45, 7) is 23.1. The second-order valence-electron chi connectivity index (χ2n) is 7.24. The molecule has 0 aromatic rings. The van der Waals surface area contributed by atoms with Crippen molar-refractivity contribution >= 4 is 29.6 Å². The monoisotopic (exact) mass is 276 g/mol.